The number of nitrogens with two attached hydrogens (primary N) is 1. The molecule has 0 atom stereocenters. The van der Waals surface area contributed by atoms with E-state index in [1.165, 1.54) is 12.3 Å². The van der Waals surface area contributed by atoms with Gasteiger partial charge in [-0.1, -0.05) is 12.1 Å². The highest BCUT2D eigenvalue weighted by Crippen LogP contribution is 2.12. The van der Waals surface area contributed by atoms with Crippen LogP contribution in [0.15, 0.2) is 42.7 Å². The van der Waals surface area contributed by atoms with Gasteiger partial charge in [-0.05, 0) is 30.2 Å². The molecule has 0 aliphatic heterocycles. The quantitative estimate of drug-likeness (QED) is 0.664. The number of nitrogens with zero attached hydrogens (tertiary/aromatic N) is 1. The summed E-state index contributed by atoms with van der Waals surface area (Å²) in [5.74, 6) is -0.786. The molecule has 0 amide bonds. The number of carbonyl (C=O) groups is 1. The topological polar surface area (TPSA) is 56.0 Å². The van der Waals surface area contributed by atoms with E-state index < -0.39 is 5.82 Å². The van der Waals surface area contributed by atoms with Gasteiger partial charge in [0.05, 0.1) is 11.8 Å². The lowest BCUT2D eigenvalue weighted by molar-refractivity contribution is 0.0979. The van der Waals surface area contributed by atoms with E-state index in [1.807, 2.05) is 12.1 Å². The van der Waals surface area contributed by atoms with Crippen molar-refractivity contribution in [2.24, 2.45) is 0 Å². The summed E-state index contributed by atoms with van der Waals surface area (Å²) in [6.07, 6.45) is 3.31. The second-order valence-corrected chi connectivity index (χ2v) is 4.02. The highest BCUT2D eigenvalue weighted by atomic mass is 19.1. The molecule has 0 radical (unpaired) electrons. The number of benzene rings is 1. The van der Waals surface area contributed by atoms with E-state index in [0.717, 1.165) is 11.8 Å². The Bertz CT molecular complexity index is 552. The summed E-state index contributed by atoms with van der Waals surface area (Å²) in [6, 6.07) is 8.71. The van der Waals surface area contributed by atoms with E-state index in [2.05, 4.69) is 4.98 Å². The van der Waals surface area contributed by atoms with Gasteiger partial charge >= 0.3 is 0 Å². The number of nitrogen functional groups attached to an aromatic ring is 1. The normalized spacial score (nSPS) is 10.3. The second kappa shape index (κ2) is 5.40. The van der Waals surface area contributed by atoms with Gasteiger partial charge in [-0.2, -0.15) is 0 Å². The van der Waals surface area contributed by atoms with Crippen LogP contribution >= 0.6 is 0 Å². The molecule has 1 aromatic carbocycles. The van der Waals surface area contributed by atoms with Gasteiger partial charge in [0.15, 0.2) is 11.6 Å². The van der Waals surface area contributed by atoms with Gasteiger partial charge in [0.1, 0.15) is 0 Å². The predicted octanol–water partition coefficient (Wildman–Crippen LogP) is 2.62. The third-order valence-corrected chi connectivity index (χ3v) is 2.69. The molecule has 18 heavy (non-hydrogen) atoms. The number of ketones is 1. The lowest BCUT2D eigenvalue weighted by Gasteiger charge is -2.03. The fraction of sp³-hybridized carbons (Fsp3) is 0.143. The molecule has 1 aromatic heterocycles. The Kier molecular flexibility index (Phi) is 3.67. The van der Waals surface area contributed by atoms with Gasteiger partial charge in [-0.25, -0.2) is 4.39 Å². The lowest BCUT2D eigenvalue weighted by Crippen LogP contribution is -2.04. The Morgan fingerprint density at radius 2 is 1.94 bits per heavy atom. The molecule has 3 nitrogen and oxygen atoms in total. The van der Waals surface area contributed by atoms with Crippen molar-refractivity contribution in [1.82, 2.24) is 4.98 Å². The molecule has 2 rings (SSSR count). The standard InChI is InChI=1S/C14H13FN2O/c15-13-9-17-8-7-12(13)14(18)6-3-10-1-4-11(16)5-2-10/h1-2,4-5,7-9H,3,6,16H2. The van der Waals surface area contributed by atoms with Crippen molar-refractivity contribution >= 4 is 11.5 Å². The molecule has 0 spiro atoms. The maximum Gasteiger partial charge on any atom is 0.166 e. The van der Waals surface area contributed by atoms with Crippen LogP contribution in [0.3, 0.4) is 0 Å². The summed E-state index contributed by atoms with van der Waals surface area (Å²) in [7, 11) is 0. The van der Waals surface area contributed by atoms with E-state index in [-0.39, 0.29) is 17.8 Å². The number of hydrogen-bond donors (Lipinski definition) is 1. The molecular formula is C14H13FN2O. The van der Waals surface area contributed by atoms with Crippen LogP contribution in [0.1, 0.15) is 22.3 Å². The number of pyridine rings is 1. The maximum atomic E-state index is 13.3. The minimum absolute atomic E-state index is 0.0976. The molecule has 0 saturated heterocycles. The van der Waals surface area contributed by atoms with E-state index in [1.54, 1.807) is 12.1 Å². The summed E-state index contributed by atoms with van der Waals surface area (Å²) < 4.78 is 13.3. The Hall–Kier alpha value is -2.23. The van der Waals surface area contributed by atoms with Crippen molar-refractivity contribution in [1.29, 1.82) is 0 Å². The highest BCUT2D eigenvalue weighted by molar-refractivity contribution is 5.96. The molecule has 0 saturated carbocycles. The van der Waals surface area contributed by atoms with Gasteiger partial charge in [0, 0.05) is 18.3 Å². The Morgan fingerprint density at radius 1 is 1.22 bits per heavy atom. The first-order valence-corrected chi connectivity index (χ1v) is 5.64. The molecular weight excluding hydrogens is 231 g/mol. The Labute approximate surface area is 104 Å². The number of carbonyl (C=O) groups excluding carboxylic acids is 1. The first kappa shape index (κ1) is 12.2. The minimum atomic E-state index is -0.570. The monoisotopic (exact) mass is 244 g/mol. The van der Waals surface area contributed by atoms with E-state index in [9.17, 15) is 9.18 Å². The van der Waals surface area contributed by atoms with Crippen molar-refractivity contribution in [2.45, 2.75) is 12.8 Å². The van der Waals surface area contributed by atoms with Crippen LogP contribution in [0, 0.1) is 5.82 Å². The summed E-state index contributed by atoms with van der Waals surface area (Å²) >= 11 is 0. The number of hydrogen-bond acceptors (Lipinski definition) is 3. The van der Waals surface area contributed by atoms with E-state index in [4.69, 9.17) is 5.73 Å². The predicted molar refractivity (Wildman–Crippen MR) is 67.7 cm³/mol. The van der Waals surface area contributed by atoms with Crippen molar-refractivity contribution < 1.29 is 9.18 Å². The number of aryl methyl sites for hydroxylation is 1. The van der Waals surface area contributed by atoms with Gasteiger partial charge in [0.25, 0.3) is 0 Å². The van der Waals surface area contributed by atoms with Crippen LogP contribution in [0.2, 0.25) is 0 Å². The Morgan fingerprint density at radius 3 is 2.61 bits per heavy atom. The Balaban J connectivity index is 2.01. The molecule has 0 bridgehead atoms. The number of anilines is 1. The van der Waals surface area contributed by atoms with Gasteiger partial charge in [0.2, 0.25) is 0 Å². The summed E-state index contributed by atoms with van der Waals surface area (Å²) in [5.41, 5.74) is 7.36. The van der Waals surface area contributed by atoms with Gasteiger partial charge in [-0.3, -0.25) is 9.78 Å². The van der Waals surface area contributed by atoms with E-state index in [0.29, 0.717) is 12.1 Å². The molecule has 2 N–H and O–H groups in total. The summed E-state index contributed by atoms with van der Waals surface area (Å²) in [6.45, 7) is 0. The minimum Gasteiger partial charge on any atom is -0.399 e. The zero-order valence-corrected chi connectivity index (χ0v) is 9.77. The third kappa shape index (κ3) is 2.91. The lowest BCUT2D eigenvalue weighted by atomic mass is 10.0. The zero-order chi connectivity index (χ0) is 13.0. The van der Waals surface area contributed by atoms with Crippen LogP contribution in [0.4, 0.5) is 10.1 Å². The largest absolute Gasteiger partial charge is 0.399 e. The zero-order valence-electron chi connectivity index (χ0n) is 9.77. The first-order valence-electron chi connectivity index (χ1n) is 5.64. The van der Waals surface area contributed by atoms with Crippen molar-refractivity contribution in [3.8, 4) is 0 Å². The molecule has 1 heterocycles. The average molecular weight is 244 g/mol. The molecule has 0 aliphatic rings. The van der Waals surface area contributed by atoms with Crippen LogP contribution in [-0.4, -0.2) is 10.8 Å². The second-order valence-electron chi connectivity index (χ2n) is 4.02. The van der Waals surface area contributed by atoms with Gasteiger partial charge < -0.3 is 5.73 Å². The van der Waals surface area contributed by atoms with Gasteiger partial charge in [-0.15, -0.1) is 0 Å². The van der Waals surface area contributed by atoms with Crippen molar-refractivity contribution in [2.75, 3.05) is 5.73 Å². The SMILES string of the molecule is Nc1ccc(CCC(=O)c2ccncc2F)cc1. The summed E-state index contributed by atoms with van der Waals surface area (Å²) in [4.78, 5) is 15.4. The van der Waals surface area contributed by atoms with Crippen molar-refractivity contribution in [3.05, 3.63) is 59.7 Å². The van der Waals surface area contributed by atoms with Crippen molar-refractivity contribution in [3.63, 3.8) is 0 Å². The molecule has 2 aromatic rings. The number of Topliss-reactive ketones (excluding diaryl/α,β-unsaturated/α-hetero) is 1. The maximum absolute atomic E-state index is 13.3. The number of rotatable bonds is 4. The highest BCUT2D eigenvalue weighted by Gasteiger charge is 2.11. The van der Waals surface area contributed by atoms with E-state index >= 15 is 0 Å². The van der Waals surface area contributed by atoms with Crippen LogP contribution < -0.4 is 5.73 Å². The average Bonchev–Trinajstić information content (AvgIpc) is 2.38. The molecule has 0 aliphatic carbocycles. The smallest absolute Gasteiger partial charge is 0.166 e. The summed E-state index contributed by atoms with van der Waals surface area (Å²) in [5, 5.41) is 0. The molecule has 0 fully saturated rings. The van der Waals surface area contributed by atoms with Crippen LogP contribution in [0.25, 0.3) is 0 Å². The first-order chi connectivity index (χ1) is 8.66. The fourth-order valence-corrected chi connectivity index (χ4v) is 1.68. The number of halogens is 1. The van der Waals surface area contributed by atoms with Crippen LogP contribution in [-0.2, 0) is 6.42 Å². The van der Waals surface area contributed by atoms with Crippen LogP contribution in [0.5, 0.6) is 0 Å². The third-order valence-electron chi connectivity index (χ3n) is 2.69. The fourth-order valence-electron chi connectivity index (χ4n) is 1.68. The number of aromatic nitrogens is 1. The molecule has 0 unspecified atom stereocenters. The molecule has 92 valence electrons. The molecule has 4 heteroatoms.